The van der Waals surface area contributed by atoms with Crippen molar-refractivity contribution in [1.82, 2.24) is 9.55 Å². The summed E-state index contributed by atoms with van der Waals surface area (Å²) in [7, 11) is 0. The third-order valence-corrected chi connectivity index (χ3v) is 6.37. The van der Waals surface area contributed by atoms with Crippen LogP contribution in [0.15, 0.2) is 35.7 Å². The maximum absolute atomic E-state index is 11.9. The zero-order valence-corrected chi connectivity index (χ0v) is 17.3. The predicted octanol–water partition coefficient (Wildman–Crippen LogP) is 5.92. The molecule has 0 radical (unpaired) electrons. The fourth-order valence-electron chi connectivity index (χ4n) is 3.98. The van der Waals surface area contributed by atoms with E-state index < -0.39 is 0 Å². The van der Waals surface area contributed by atoms with Gasteiger partial charge in [-0.15, -0.1) is 11.3 Å². The minimum atomic E-state index is -0.386. The Bertz CT molecular complexity index is 987. The van der Waals surface area contributed by atoms with Crippen LogP contribution in [-0.4, -0.2) is 15.5 Å². The summed E-state index contributed by atoms with van der Waals surface area (Å²) in [5, 5.41) is 6.83. The van der Waals surface area contributed by atoms with Crippen molar-refractivity contribution in [2.45, 2.75) is 45.1 Å². The normalized spacial score (nSPS) is 14.9. The topological polar surface area (TPSA) is 72.9 Å². The van der Waals surface area contributed by atoms with Crippen molar-refractivity contribution in [3.63, 3.8) is 0 Å². The van der Waals surface area contributed by atoms with E-state index in [-0.39, 0.29) is 5.91 Å². The quantitative estimate of drug-likeness (QED) is 0.544. The Balaban J connectivity index is 1.68. The summed E-state index contributed by atoms with van der Waals surface area (Å²) in [4.78, 5) is 16.7. The van der Waals surface area contributed by atoms with Crippen LogP contribution >= 0.6 is 22.9 Å². The second-order valence-corrected chi connectivity index (χ2v) is 8.52. The standard InChI is InChI=1S/C21H23ClN4OS/c1-13-17(20(23)27)11-19(26(13)16-5-3-2-4-6-16)18-12-28-21(25-18)24-15-9-7-14(22)8-10-15/h7-12,16H,2-6H2,1H3,(H2,23,27)(H,24,25). The van der Waals surface area contributed by atoms with E-state index in [1.165, 1.54) is 30.6 Å². The molecular weight excluding hydrogens is 392 g/mol. The molecule has 0 atom stereocenters. The zero-order chi connectivity index (χ0) is 19.7. The Morgan fingerprint density at radius 3 is 2.64 bits per heavy atom. The maximum atomic E-state index is 11.9. The van der Waals surface area contributed by atoms with Gasteiger partial charge in [-0.05, 0) is 50.1 Å². The molecule has 28 heavy (non-hydrogen) atoms. The Hall–Kier alpha value is -2.31. The third-order valence-electron chi connectivity index (χ3n) is 5.36. The monoisotopic (exact) mass is 414 g/mol. The van der Waals surface area contributed by atoms with Gasteiger partial charge in [-0.25, -0.2) is 4.98 Å². The maximum Gasteiger partial charge on any atom is 0.250 e. The highest BCUT2D eigenvalue weighted by Crippen LogP contribution is 2.37. The number of rotatable bonds is 5. The average Bonchev–Trinajstić information content (AvgIpc) is 3.28. The van der Waals surface area contributed by atoms with Gasteiger partial charge < -0.3 is 15.6 Å². The average molecular weight is 415 g/mol. The number of aromatic nitrogens is 2. The molecule has 2 aromatic heterocycles. The summed E-state index contributed by atoms with van der Waals surface area (Å²) >= 11 is 7.49. The molecule has 0 unspecified atom stereocenters. The molecule has 1 saturated carbocycles. The molecule has 7 heteroatoms. The van der Waals surface area contributed by atoms with Crippen LogP contribution in [0.25, 0.3) is 11.4 Å². The van der Waals surface area contributed by atoms with E-state index in [2.05, 4.69) is 9.88 Å². The van der Waals surface area contributed by atoms with Gasteiger partial charge in [0.25, 0.3) is 5.91 Å². The van der Waals surface area contributed by atoms with E-state index in [0.717, 1.165) is 40.7 Å². The lowest BCUT2D eigenvalue weighted by Gasteiger charge is -2.26. The third kappa shape index (κ3) is 3.80. The predicted molar refractivity (Wildman–Crippen MR) is 116 cm³/mol. The Morgan fingerprint density at radius 1 is 1.25 bits per heavy atom. The smallest absolute Gasteiger partial charge is 0.250 e. The van der Waals surface area contributed by atoms with Gasteiger partial charge in [0.15, 0.2) is 5.13 Å². The summed E-state index contributed by atoms with van der Waals surface area (Å²) in [5.41, 5.74) is 9.92. The van der Waals surface area contributed by atoms with E-state index in [4.69, 9.17) is 22.3 Å². The first-order chi connectivity index (χ1) is 13.5. The molecule has 1 amide bonds. The molecule has 3 N–H and O–H groups in total. The van der Waals surface area contributed by atoms with Crippen molar-refractivity contribution in [2.75, 3.05) is 5.32 Å². The number of nitrogens with one attached hydrogen (secondary N) is 1. The highest BCUT2D eigenvalue weighted by Gasteiger charge is 2.25. The number of nitrogens with zero attached hydrogens (tertiary/aromatic N) is 2. The van der Waals surface area contributed by atoms with Crippen LogP contribution in [0.2, 0.25) is 5.02 Å². The van der Waals surface area contributed by atoms with Crippen LogP contribution in [-0.2, 0) is 0 Å². The van der Waals surface area contributed by atoms with Crippen molar-refractivity contribution in [3.05, 3.63) is 52.0 Å². The van der Waals surface area contributed by atoms with Gasteiger partial charge in [0, 0.05) is 27.8 Å². The second-order valence-electron chi connectivity index (χ2n) is 7.22. The molecule has 4 rings (SSSR count). The summed E-state index contributed by atoms with van der Waals surface area (Å²) in [6, 6.07) is 9.82. The summed E-state index contributed by atoms with van der Waals surface area (Å²) in [6.07, 6.45) is 5.96. The number of primary amides is 1. The fraction of sp³-hybridized carbons (Fsp3) is 0.333. The lowest BCUT2D eigenvalue weighted by Crippen LogP contribution is -2.17. The van der Waals surface area contributed by atoms with Crippen molar-refractivity contribution in [1.29, 1.82) is 0 Å². The molecule has 1 fully saturated rings. The van der Waals surface area contributed by atoms with Gasteiger partial charge in [-0.1, -0.05) is 30.9 Å². The van der Waals surface area contributed by atoms with Crippen LogP contribution in [0, 0.1) is 6.92 Å². The van der Waals surface area contributed by atoms with Crippen LogP contribution in [0.4, 0.5) is 10.8 Å². The molecule has 0 saturated heterocycles. The van der Waals surface area contributed by atoms with Gasteiger partial charge in [0.1, 0.15) is 0 Å². The molecule has 0 bridgehead atoms. The van der Waals surface area contributed by atoms with E-state index in [1.807, 2.05) is 42.6 Å². The molecular formula is C21H23ClN4OS. The molecule has 2 heterocycles. The number of carbonyl (C=O) groups is 1. The van der Waals surface area contributed by atoms with Crippen LogP contribution in [0.1, 0.15) is 54.2 Å². The molecule has 0 spiro atoms. The van der Waals surface area contributed by atoms with Gasteiger partial charge in [0.2, 0.25) is 0 Å². The molecule has 1 aliphatic carbocycles. The fourth-order valence-corrected chi connectivity index (χ4v) is 4.83. The Kier molecular flexibility index (Phi) is 5.42. The SMILES string of the molecule is Cc1c(C(N)=O)cc(-c2csc(Nc3ccc(Cl)cc3)n2)n1C1CCCCC1. The molecule has 1 aromatic carbocycles. The summed E-state index contributed by atoms with van der Waals surface area (Å²) < 4.78 is 2.28. The highest BCUT2D eigenvalue weighted by atomic mass is 35.5. The highest BCUT2D eigenvalue weighted by molar-refractivity contribution is 7.14. The van der Waals surface area contributed by atoms with E-state index in [0.29, 0.717) is 16.6 Å². The van der Waals surface area contributed by atoms with E-state index in [9.17, 15) is 4.79 Å². The van der Waals surface area contributed by atoms with Crippen molar-refractivity contribution >= 4 is 39.7 Å². The van der Waals surface area contributed by atoms with Gasteiger partial charge >= 0.3 is 0 Å². The molecule has 5 nitrogen and oxygen atoms in total. The van der Waals surface area contributed by atoms with Crippen LogP contribution in [0.5, 0.6) is 0 Å². The van der Waals surface area contributed by atoms with Crippen molar-refractivity contribution in [2.24, 2.45) is 5.73 Å². The number of hydrogen-bond acceptors (Lipinski definition) is 4. The van der Waals surface area contributed by atoms with Crippen molar-refractivity contribution in [3.8, 4) is 11.4 Å². The number of thiazole rings is 1. The second kappa shape index (κ2) is 7.97. The van der Waals surface area contributed by atoms with E-state index >= 15 is 0 Å². The number of carbonyl (C=O) groups excluding carboxylic acids is 1. The first-order valence-corrected chi connectivity index (χ1v) is 10.8. The first-order valence-electron chi connectivity index (χ1n) is 9.53. The van der Waals surface area contributed by atoms with Gasteiger partial charge in [0.05, 0.1) is 17.0 Å². The van der Waals surface area contributed by atoms with Gasteiger partial charge in [-0.3, -0.25) is 4.79 Å². The molecule has 1 aliphatic rings. The number of nitrogens with two attached hydrogens (primary N) is 1. The first kappa shape index (κ1) is 19.0. The van der Waals surface area contributed by atoms with Crippen LogP contribution in [0.3, 0.4) is 0 Å². The number of halogens is 1. The summed E-state index contributed by atoms with van der Waals surface area (Å²) in [6.45, 7) is 1.98. The zero-order valence-electron chi connectivity index (χ0n) is 15.7. The molecule has 146 valence electrons. The van der Waals surface area contributed by atoms with Gasteiger partial charge in [-0.2, -0.15) is 0 Å². The number of hydrogen-bond donors (Lipinski definition) is 2. The van der Waals surface area contributed by atoms with E-state index in [1.54, 1.807) is 0 Å². The minimum Gasteiger partial charge on any atom is -0.366 e. The van der Waals surface area contributed by atoms with Crippen LogP contribution < -0.4 is 11.1 Å². The number of anilines is 2. The number of benzene rings is 1. The Morgan fingerprint density at radius 2 is 1.96 bits per heavy atom. The largest absolute Gasteiger partial charge is 0.366 e. The number of amides is 1. The summed E-state index contributed by atoms with van der Waals surface area (Å²) in [5.74, 6) is -0.386. The molecule has 3 aromatic rings. The minimum absolute atomic E-state index is 0.386. The van der Waals surface area contributed by atoms with Crippen molar-refractivity contribution < 1.29 is 4.79 Å². The lowest BCUT2D eigenvalue weighted by atomic mass is 9.95. The molecule has 0 aliphatic heterocycles. The lowest BCUT2D eigenvalue weighted by molar-refractivity contribution is 0.0999. The Labute approximate surface area is 173 Å².